The molecule has 1 aliphatic rings. The molecule has 0 amide bonds. The van der Waals surface area contributed by atoms with Crippen LogP contribution in [0.25, 0.3) is 61.8 Å². The van der Waals surface area contributed by atoms with Crippen molar-refractivity contribution in [2.24, 2.45) is 5.41 Å². The normalized spacial score (nSPS) is 17.3. The van der Waals surface area contributed by atoms with Gasteiger partial charge in [-0.25, -0.2) is 4.98 Å². The van der Waals surface area contributed by atoms with Crippen LogP contribution < -0.4 is 0 Å². The molecule has 1 aliphatic carbocycles. The van der Waals surface area contributed by atoms with Crippen LogP contribution in [0.3, 0.4) is 0 Å². The number of para-hydroxylation sites is 2. The summed E-state index contributed by atoms with van der Waals surface area (Å²) in [5.41, 5.74) is 6.39. The number of hydrogen-bond acceptors (Lipinski definition) is 4. The minimum atomic E-state index is -0.482. The van der Waals surface area contributed by atoms with Crippen molar-refractivity contribution in [2.45, 2.75) is 52.4 Å². The summed E-state index contributed by atoms with van der Waals surface area (Å²) in [6.45, 7) is 13.9. The maximum absolute atomic E-state index is 8.71. The molecule has 235 valence electrons. The second-order valence-electron chi connectivity index (χ2n) is 13.6. The van der Waals surface area contributed by atoms with Gasteiger partial charge in [-0.1, -0.05) is 120 Å². The Labute approximate surface area is 296 Å². The van der Waals surface area contributed by atoms with E-state index in [9.17, 15) is 0 Å². The van der Waals surface area contributed by atoms with Gasteiger partial charge in [0.15, 0.2) is 11.6 Å². The third-order valence-corrected chi connectivity index (χ3v) is 10.8. The first-order chi connectivity index (χ1) is 24.1. The van der Waals surface area contributed by atoms with Gasteiger partial charge in [-0.3, -0.25) is 4.57 Å². The number of benzene rings is 4. The van der Waals surface area contributed by atoms with Crippen LogP contribution in [0, 0.1) is 11.5 Å². The van der Waals surface area contributed by atoms with Crippen LogP contribution >= 0.6 is 0 Å². The van der Waals surface area contributed by atoms with Crippen molar-refractivity contribution < 1.29 is 27.0 Å². The van der Waals surface area contributed by atoms with Gasteiger partial charge < -0.3 is 4.98 Å². The van der Waals surface area contributed by atoms with Crippen molar-refractivity contribution in [1.82, 2.24) is 24.5 Å². The Bertz CT molecular complexity index is 2490. The molecule has 0 spiro atoms. The van der Waals surface area contributed by atoms with Crippen molar-refractivity contribution in [1.29, 1.82) is 0 Å². The van der Waals surface area contributed by atoms with E-state index in [0.29, 0.717) is 5.56 Å². The van der Waals surface area contributed by atoms with Crippen LogP contribution in [0.5, 0.6) is 0 Å². The fourth-order valence-corrected chi connectivity index (χ4v) is 7.02. The first-order valence-electron chi connectivity index (χ1n) is 18.0. The van der Waals surface area contributed by atoms with Crippen molar-refractivity contribution in [3.63, 3.8) is 0 Å². The number of hydrogen-bond donors (Lipinski definition) is 0. The predicted octanol–water partition coefficient (Wildman–Crippen LogP) is 9.76. The Hall–Kier alpha value is -4.51. The molecule has 5 nitrogen and oxygen atoms in total. The van der Waals surface area contributed by atoms with Crippen molar-refractivity contribution >= 4 is 21.8 Å². The van der Waals surface area contributed by atoms with Gasteiger partial charge in [-0.15, -0.1) is 34.9 Å². The van der Waals surface area contributed by atoms with Gasteiger partial charge in [0.1, 0.15) is 0 Å². The molecule has 7 aromatic rings. The molecule has 0 N–H and O–H groups in total. The average molecular weight is 796 g/mol. The molecule has 0 aliphatic heterocycles. The minimum Gasteiger partial charge on any atom is -0.304 e. The van der Waals surface area contributed by atoms with E-state index in [2.05, 4.69) is 59.7 Å². The summed E-state index contributed by atoms with van der Waals surface area (Å²) in [5.74, 6) is 0.477. The van der Waals surface area contributed by atoms with E-state index in [4.69, 9.17) is 26.8 Å². The van der Waals surface area contributed by atoms with E-state index in [-0.39, 0.29) is 71.6 Å². The van der Waals surface area contributed by atoms with Crippen LogP contribution in [0.1, 0.15) is 59.5 Å². The van der Waals surface area contributed by atoms with Crippen LogP contribution in [0.15, 0.2) is 109 Å². The Morgan fingerprint density at radius 2 is 1.28 bits per heavy atom. The van der Waals surface area contributed by atoms with E-state index in [1.54, 1.807) is 6.20 Å². The van der Waals surface area contributed by atoms with Gasteiger partial charge in [0.2, 0.25) is 5.95 Å². The number of pyridine rings is 1. The number of aromatic nitrogens is 5. The molecular formula is C41H36IrN5-. The standard InChI is InChI=1S/C41H36N5.Ir/c1-39(2)31-22-20-27(24-32(31)40(3,4)41(39,5)6)33-23-21-28(25-42-33)37-43-36(26-14-8-7-9-15-26)44-38(45-37)46-34-18-12-10-16-29(34)30-17-11-13-19-35(30)46;/h7-19,21-25H,1-6H3;/q-1;/i7D,8D,9D,14D,15D;. The van der Waals surface area contributed by atoms with Crippen LogP contribution in [-0.2, 0) is 30.9 Å². The molecule has 3 aromatic heterocycles. The fourth-order valence-electron chi connectivity index (χ4n) is 7.02. The maximum Gasteiger partial charge on any atom is 0.238 e. The molecule has 6 heteroatoms. The summed E-state index contributed by atoms with van der Waals surface area (Å²) in [5, 5.41) is 2.01. The van der Waals surface area contributed by atoms with E-state index < -0.39 is 18.1 Å². The van der Waals surface area contributed by atoms with Gasteiger partial charge >= 0.3 is 0 Å². The fraction of sp³-hybridized carbons (Fsp3) is 0.220. The maximum atomic E-state index is 8.71. The quantitative estimate of drug-likeness (QED) is 0.167. The summed E-state index contributed by atoms with van der Waals surface area (Å²) in [6.07, 6.45) is 1.70. The summed E-state index contributed by atoms with van der Waals surface area (Å²) in [6, 6.07) is 25.3. The molecule has 8 rings (SSSR count). The van der Waals surface area contributed by atoms with E-state index in [1.165, 1.54) is 11.1 Å². The Balaban J connectivity index is 0.00000420. The monoisotopic (exact) mass is 796 g/mol. The largest absolute Gasteiger partial charge is 0.304 e. The van der Waals surface area contributed by atoms with Gasteiger partial charge in [-0.05, 0) is 34.1 Å². The van der Waals surface area contributed by atoms with Crippen molar-refractivity contribution in [3.05, 3.63) is 126 Å². The zero-order chi connectivity index (χ0) is 36.2. The molecule has 47 heavy (non-hydrogen) atoms. The van der Waals surface area contributed by atoms with Crippen molar-refractivity contribution in [2.75, 3.05) is 0 Å². The van der Waals surface area contributed by atoms with E-state index >= 15 is 0 Å². The van der Waals surface area contributed by atoms with Crippen molar-refractivity contribution in [3.8, 4) is 40.0 Å². The Kier molecular flexibility index (Phi) is 6.01. The van der Waals surface area contributed by atoms with Gasteiger partial charge in [-0.2, -0.15) is 9.97 Å². The first-order valence-corrected chi connectivity index (χ1v) is 15.5. The van der Waals surface area contributed by atoms with E-state index in [1.807, 2.05) is 65.2 Å². The number of nitrogens with zero attached hydrogens (tertiary/aromatic N) is 5. The third kappa shape index (κ3) is 4.61. The van der Waals surface area contributed by atoms with Crippen LogP contribution in [-0.4, -0.2) is 24.5 Å². The molecule has 0 saturated carbocycles. The number of fused-ring (bicyclic) bond motifs is 4. The molecule has 0 bridgehead atoms. The van der Waals surface area contributed by atoms with Gasteiger partial charge in [0.05, 0.1) is 17.9 Å². The van der Waals surface area contributed by atoms with Crippen LogP contribution in [0.4, 0.5) is 0 Å². The molecule has 3 heterocycles. The Morgan fingerprint density at radius 1 is 0.681 bits per heavy atom. The van der Waals surface area contributed by atoms with Gasteiger partial charge in [0.25, 0.3) is 0 Å². The molecule has 4 aromatic carbocycles. The molecule has 1 radical (unpaired) electrons. The molecule has 0 unspecified atom stereocenters. The zero-order valence-electron chi connectivity index (χ0n) is 32.1. The second-order valence-corrected chi connectivity index (χ2v) is 13.6. The summed E-state index contributed by atoms with van der Waals surface area (Å²) in [4.78, 5) is 19.3. The molecule has 0 saturated heterocycles. The predicted molar refractivity (Wildman–Crippen MR) is 187 cm³/mol. The summed E-state index contributed by atoms with van der Waals surface area (Å²) in [7, 11) is 0. The average Bonchev–Trinajstić information content (AvgIpc) is 3.51. The third-order valence-electron chi connectivity index (χ3n) is 10.8. The van der Waals surface area contributed by atoms with E-state index in [0.717, 1.165) is 33.1 Å². The molecular weight excluding hydrogens is 755 g/mol. The topological polar surface area (TPSA) is 56.5 Å². The smallest absolute Gasteiger partial charge is 0.238 e. The summed E-state index contributed by atoms with van der Waals surface area (Å²) < 4.78 is 44.2. The minimum absolute atomic E-state index is 0. The molecule has 0 atom stereocenters. The summed E-state index contributed by atoms with van der Waals surface area (Å²) >= 11 is 0. The first kappa shape index (κ1) is 25.6. The molecule has 0 fully saturated rings. The van der Waals surface area contributed by atoms with Crippen LogP contribution in [0.2, 0.25) is 0 Å². The SMILES string of the molecule is [2H]c1c([2H])c([2H])c(-c2nc(-c3ccc(-c4[c-]cc5c(c4)C(C)(C)C(C)(C)C5(C)C)nc3)nc(-n3c4ccccc4c4ccccc43)n2)c([2H])c1[2H].[Ir]. The Morgan fingerprint density at radius 3 is 1.89 bits per heavy atom. The zero-order valence-corrected chi connectivity index (χ0v) is 29.5. The van der Waals surface area contributed by atoms with Gasteiger partial charge in [0, 0.05) is 48.2 Å². The second kappa shape index (κ2) is 11.0. The number of rotatable bonds is 4.